The molecule has 1 fully saturated rings. The second kappa shape index (κ2) is 3.13. The van der Waals surface area contributed by atoms with Crippen molar-refractivity contribution in [1.29, 1.82) is 0 Å². The van der Waals surface area contributed by atoms with Crippen molar-refractivity contribution < 1.29 is 4.21 Å². The molecule has 0 aromatic rings. The average molecular weight is 175 g/mol. The fourth-order valence-corrected chi connectivity index (χ4v) is 3.53. The lowest BCUT2D eigenvalue weighted by Gasteiger charge is -2.26. The van der Waals surface area contributed by atoms with Gasteiger partial charge in [0.15, 0.2) is 0 Å². The maximum Gasteiger partial charge on any atom is 0.0537 e. The van der Waals surface area contributed by atoms with E-state index in [0.29, 0.717) is 5.25 Å². The summed E-state index contributed by atoms with van der Waals surface area (Å²) in [6.45, 7) is 3.98. The Hall–Kier alpha value is -0.0500. The van der Waals surface area contributed by atoms with Gasteiger partial charge in [-0.1, -0.05) is 6.42 Å². The van der Waals surface area contributed by atoms with Crippen LogP contribution in [0.5, 0.6) is 0 Å². The van der Waals surface area contributed by atoms with Crippen LogP contribution in [-0.4, -0.2) is 21.8 Å². The van der Waals surface area contributed by atoms with Gasteiger partial charge in [-0.2, -0.15) is 0 Å². The number of hydrogen-bond donors (Lipinski definition) is 0. The van der Waals surface area contributed by atoms with Gasteiger partial charge in [0.05, 0.1) is 6.04 Å². The first-order valence-corrected chi connectivity index (χ1v) is 6.21. The molecule has 1 saturated carbocycles. The van der Waals surface area contributed by atoms with Gasteiger partial charge >= 0.3 is 0 Å². The van der Waals surface area contributed by atoms with Crippen LogP contribution in [0.4, 0.5) is 0 Å². The Morgan fingerprint density at radius 1 is 1.45 bits per heavy atom. The Labute approximate surface area is 69.6 Å². The van der Waals surface area contributed by atoms with Crippen molar-refractivity contribution in [2.45, 2.75) is 44.4 Å². The van der Waals surface area contributed by atoms with Crippen LogP contribution < -0.4 is 0 Å². The van der Waals surface area contributed by atoms with E-state index in [1.165, 1.54) is 6.42 Å². The fraction of sp³-hybridized carbons (Fsp3) is 1.00. The molecule has 0 aromatic carbocycles. The van der Waals surface area contributed by atoms with Crippen molar-refractivity contribution >= 4 is 9.73 Å². The maximum atomic E-state index is 11.8. The molecule has 1 atom stereocenters. The van der Waals surface area contributed by atoms with E-state index in [1.807, 2.05) is 13.8 Å². The van der Waals surface area contributed by atoms with Gasteiger partial charge in [-0.3, -0.25) is 0 Å². The highest BCUT2D eigenvalue weighted by molar-refractivity contribution is 7.93. The number of hydrogen-bond acceptors (Lipinski definition) is 2. The van der Waals surface area contributed by atoms with Gasteiger partial charge in [0.25, 0.3) is 0 Å². The van der Waals surface area contributed by atoms with Crippen LogP contribution in [0.15, 0.2) is 4.36 Å². The van der Waals surface area contributed by atoms with Crippen molar-refractivity contribution in [3.05, 3.63) is 0 Å². The van der Waals surface area contributed by atoms with Crippen LogP contribution in [0.25, 0.3) is 0 Å². The molecule has 1 aliphatic carbocycles. The Kier molecular flexibility index (Phi) is 2.58. The predicted octanol–water partition coefficient (Wildman–Crippen LogP) is 2.05. The van der Waals surface area contributed by atoms with E-state index < -0.39 is 9.73 Å². The van der Waals surface area contributed by atoms with Crippen LogP contribution in [0.3, 0.4) is 0 Å². The van der Waals surface area contributed by atoms with Gasteiger partial charge in [-0.25, -0.2) is 8.57 Å². The minimum atomic E-state index is -1.85. The van der Waals surface area contributed by atoms with Crippen molar-refractivity contribution in [2.75, 3.05) is 6.26 Å². The molecule has 1 aliphatic rings. The molecule has 1 unspecified atom stereocenters. The van der Waals surface area contributed by atoms with Gasteiger partial charge in [-0.05, 0) is 26.7 Å². The first-order valence-electron chi connectivity index (χ1n) is 4.22. The molecular formula is C8H17NOS. The second-order valence-electron chi connectivity index (χ2n) is 3.61. The Balaban J connectivity index is 2.72. The molecule has 3 heteroatoms. The third kappa shape index (κ3) is 2.19. The van der Waals surface area contributed by atoms with E-state index in [4.69, 9.17) is 0 Å². The molecule has 0 amide bonds. The second-order valence-corrected chi connectivity index (χ2v) is 6.21. The van der Waals surface area contributed by atoms with Gasteiger partial charge in [-0.15, -0.1) is 0 Å². The van der Waals surface area contributed by atoms with Gasteiger partial charge in [0, 0.05) is 21.2 Å². The lowest BCUT2D eigenvalue weighted by atomic mass is 10.0. The SMILES string of the molecule is CC(C)N=S(C)(=O)C1CCC1. The average Bonchev–Trinajstić information content (AvgIpc) is 1.50. The zero-order chi connectivity index (χ0) is 8.48. The first kappa shape index (κ1) is 9.04. The van der Waals surface area contributed by atoms with Crippen molar-refractivity contribution in [1.82, 2.24) is 0 Å². The molecule has 0 N–H and O–H groups in total. The summed E-state index contributed by atoms with van der Waals surface area (Å²) in [5.74, 6) is 0. The molecule has 66 valence electrons. The minimum absolute atomic E-state index is 0.216. The topological polar surface area (TPSA) is 29.4 Å². The summed E-state index contributed by atoms with van der Waals surface area (Å²) in [4.78, 5) is 0. The zero-order valence-electron chi connectivity index (χ0n) is 7.54. The molecule has 0 heterocycles. The summed E-state index contributed by atoms with van der Waals surface area (Å²) in [6.07, 6.45) is 5.27. The first-order chi connectivity index (χ1) is 5.02. The van der Waals surface area contributed by atoms with Gasteiger partial charge in [0.2, 0.25) is 0 Å². The van der Waals surface area contributed by atoms with E-state index in [2.05, 4.69) is 4.36 Å². The zero-order valence-corrected chi connectivity index (χ0v) is 8.36. The molecular weight excluding hydrogens is 158 g/mol. The Bertz CT molecular complexity index is 234. The van der Waals surface area contributed by atoms with E-state index >= 15 is 0 Å². The highest BCUT2D eigenvalue weighted by Crippen LogP contribution is 2.27. The number of rotatable bonds is 2. The normalized spacial score (nSPS) is 24.4. The molecule has 0 bridgehead atoms. The standard InChI is InChI=1S/C8H17NOS/c1-7(2)9-11(3,10)8-5-4-6-8/h7-8H,4-6H2,1-3H3. The largest absolute Gasteiger partial charge is 0.250 e. The van der Waals surface area contributed by atoms with Gasteiger partial charge in [0.1, 0.15) is 0 Å². The molecule has 0 radical (unpaired) electrons. The van der Waals surface area contributed by atoms with Crippen LogP contribution in [0.1, 0.15) is 33.1 Å². The highest BCUT2D eigenvalue weighted by Gasteiger charge is 2.25. The third-order valence-corrected chi connectivity index (χ3v) is 4.64. The molecule has 0 aromatic heterocycles. The van der Waals surface area contributed by atoms with E-state index in [1.54, 1.807) is 6.26 Å². The van der Waals surface area contributed by atoms with E-state index in [0.717, 1.165) is 12.8 Å². The quantitative estimate of drug-likeness (QED) is 0.631. The third-order valence-electron chi connectivity index (χ3n) is 2.09. The summed E-state index contributed by atoms with van der Waals surface area (Å²) in [7, 11) is -1.85. The Morgan fingerprint density at radius 3 is 2.27 bits per heavy atom. The summed E-state index contributed by atoms with van der Waals surface area (Å²) >= 11 is 0. The van der Waals surface area contributed by atoms with Crippen LogP contribution in [0.2, 0.25) is 0 Å². The molecule has 0 saturated heterocycles. The van der Waals surface area contributed by atoms with Crippen LogP contribution in [-0.2, 0) is 9.73 Å². The predicted molar refractivity (Wildman–Crippen MR) is 49.3 cm³/mol. The minimum Gasteiger partial charge on any atom is -0.250 e. The van der Waals surface area contributed by atoms with Gasteiger partial charge < -0.3 is 0 Å². The summed E-state index contributed by atoms with van der Waals surface area (Å²) in [5, 5.41) is 0.393. The van der Waals surface area contributed by atoms with E-state index in [9.17, 15) is 4.21 Å². The molecule has 2 nitrogen and oxygen atoms in total. The maximum absolute atomic E-state index is 11.8. The van der Waals surface area contributed by atoms with Crippen molar-refractivity contribution in [3.63, 3.8) is 0 Å². The smallest absolute Gasteiger partial charge is 0.0537 e. The highest BCUT2D eigenvalue weighted by atomic mass is 32.2. The molecule has 0 aliphatic heterocycles. The summed E-state index contributed by atoms with van der Waals surface area (Å²) < 4.78 is 16.1. The van der Waals surface area contributed by atoms with Crippen LogP contribution in [0, 0.1) is 0 Å². The monoisotopic (exact) mass is 175 g/mol. The lowest BCUT2D eigenvalue weighted by molar-refractivity contribution is 0.501. The lowest BCUT2D eigenvalue weighted by Crippen LogP contribution is -2.27. The summed E-state index contributed by atoms with van der Waals surface area (Å²) in [5.41, 5.74) is 0. The Morgan fingerprint density at radius 2 is 2.00 bits per heavy atom. The number of nitrogens with zero attached hydrogens (tertiary/aromatic N) is 1. The molecule has 0 spiro atoms. The van der Waals surface area contributed by atoms with Crippen molar-refractivity contribution in [2.24, 2.45) is 4.36 Å². The molecule has 1 rings (SSSR count). The molecule has 11 heavy (non-hydrogen) atoms. The van der Waals surface area contributed by atoms with Crippen molar-refractivity contribution in [3.8, 4) is 0 Å². The summed E-state index contributed by atoms with van der Waals surface area (Å²) in [6, 6.07) is 0.216. The van der Waals surface area contributed by atoms with E-state index in [-0.39, 0.29) is 6.04 Å². The fourth-order valence-electron chi connectivity index (χ4n) is 1.31. The van der Waals surface area contributed by atoms with Crippen LogP contribution >= 0.6 is 0 Å².